The molecule has 12 rings (SSSR count). The number of ether oxygens (including phenoxy) is 8. The summed E-state index contributed by atoms with van der Waals surface area (Å²) in [5.41, 5.74) is 4.44. The Hall–Kier alpha value is -15.8. The molecule has 0 saturated carbocycles. The number of terminal acetylenes is 4. The van der Waals surface area contributed by atoms with E-state index in [-0.39, 0.29) is 73.9 Å². The molecule has 0 aromatic heterocycles. The second-order valence-electron chi connectivity index (χ2n) is 27.2. The number of carbonyl (C=O) groups excluding carboxylic acids is 8. The van der Waals surface area contributed by atoms with Crippen LogP contribution in [0.4, 0.5) is 22.7 Å². The maximum absolute atomic E-state index is 13.8. The molecule has 0 spiro atoms. The zero-order valence-corrected chi connectivity index (χ0v) is 64.6. The number of rotatable bonds is 34. The zero-order valence-electron chi connectivity index (χ0n) is 64.6. The minimum Gasteiger partial charge on any atom is -0.491 e. The molecule has 12 aromatic carbocycles. The Morgan fingerprint density at radius 2 is 0.512 bits per heavy atom. The molecule has 604 valence electrons. The van der Waals surface area contributed by atoms with Crippen molar-refractivity contribution in [3.63, 3.8) is 0 Å². The molecule has 0 radical (unpaired) electrons. The van der Waals surface area contributed by atoms with Crippen molar-refractivity contribution in [2.24, 2.45) is 0 Å². The summed E-state index contributed by atoms with van der Waals surface area (Å²) < 4.78 is 47.7. The Balaban J connectivity index is 0.816. The quantitative estimate of drug-likeness (QED) is 0.0105. The van der Waals surface area contributed by atoms with E-state index in [1.54, 1.807) is 206 Å². The van der Waals surface area contributed by atoms with E-state index < -0.39 is 125 Å². The minimum atomic E-state index is -1.50. The Morgan fingerprint density at radius 1 is 0.281 bits per heavy atom. The molecule has 8 N–H and O–H groups in total. The molecule has 0 heterocycles. The highest BCUT2D eigenvalue weighted by Crippen LogP contribution is 2.39. The smallest absolute Gasteiger partial charge is 0.339 e. The number of amides is 4. The van der Waals surface area contributed by atoms with Crippen LogP contribution in [0.15, 0.2) is 255 Å². The van der Waals surface area contributed by atoms with Crippen LogP contribution < -0.4 is 40.2 Å². The van der Waals surface area contributed by atoms with Gasteiger partial charge in [-0.25, -0.2) is 19.2 Å². The molecule has 0 fully saturated rings. The van der Waals surface area contributed by atoms with Gasteiger partial charge in [0.15, 0.2) is 0 Å². The third-order valence-corrected chi connectivity index (χ3v) is 18.7. The molecule has 0 aliphatic rings. The predicted molar refractivity (Wildman–Crippen MR) is 453 cm³/mol. The first-order chi connectivity index (χ1) is 58.7. The Labute approximate surface area is 694 Å². The predicted octanol–water partition coefficient (Wildman–Crippen LogP) is 12.9. The molecule has 4 atom stereocenters. The van der Waals surface area contributed by atoms with Crippen molar-refractivity contribution in [3.8, 4) is 72.4 Å². The summed E-state index contributed by atoms with van der Waals surface area (Å²) in [4.78, 5) is 109. The van der Waals surface area contributed by atoms with E-state index in [4.69, 9.17) is 63.6 Å². The van der Waals surface area contributed by atoms with Crippen LogP contribution in [-0.4, -0.2) is 145 Å². The summed E-state index contributed by atoms with van der Waals surface area (Å²) in [6, 6.07) is 66.7. The summed E-state index contributed by atoms with van der Waals surface area (Å²) in [6.45, 7) is -4.23. The summed E-state index contributed by atoms with van der Waals surface area (Å²) in [5, 5.41) is 59.1. The fourth-order valence-corrected chi connectivity index (χ4v) is 12.5. The van der Waals surface area contributed by atoms with E-state index in [9.17, 15) is 58.8 Å². The van der Waals surface area contributed by atoms with Gasteiger partial charge in [0.05, 0.1) is 44.5 Å². The van der Waals surface area contributed by atoms with Gasteiger partial charge in [0.25, 0.3) is 23.6 Å². The van der Waals surface area contributed by atoms with Gasteiger partial charge in [0.2, 0.25) is 0 Å². The van der Waals surface area contributed by atoms with Crippen LogP contribution in [0.5, 0.6) is 23.0 Å². The fraction of sp³-hybridized carbons (Fsp3) is 0.134. The molecule has 12 aromatic rings. The lowest BCUT2D eigenvalue weighted by atomic mass is 9.93. The van der Waals surface area contributed by atoms with Crippen molar-refractivity contribution in [1.29, 1.82) is 0 Å². The molecular weight excluding hydrogens is 1540 g/mol. The van der Waals surface area contributed by atoms with Crippen molar-refractivity contribution in [2.45, 2.75) is 30.8 Å². The molecule has 4 amide bonds. The molecule has 0 aliphatic carbocycles. The van der Waals surface area contributed by atoms with Crippen LogP contribution in [0.1, 0.15) is 116 Å². The van der Waals surface area contributed by atoms with Crippen molar-refractivity contribution in [1.82, 2.24) is 0 Å². The number of hydrogen-bond donors (Lipinski definition) is 8. The van der Waals surface area contributed by atoms with Crippen molar-refractivity contribution < 1.29 is 96.7 Å². The van der Waals surface area contributed by atoms with Crippen LogP contribution in [0.3, 0.4) is 0 Å². The van der Waals surface area contributed by atoms with Gasteiger partial charge in [-0.05, 0) is 204 Å². The molecule has 24 nitrogen and oxygen atoms in total. The van der Waals surface area contributed by atoms with Gasteiger partial charge in [0.1, 0.15) is 100 Å². The molecule has 0 saturated heterocycles. The topological polar surface area (TPSA) is 339 Å². The van der Waals surface area contributed by atoms with E-state index >= 15 is 0 Å². The van der Waals surface area contributed by atoms with Crippen molar-refractivity contribution >= 4 is 91.8 Å². The maximum Gasteiger partial charge on any atom is 0.339 e. The molecule has 0 aliphatic heterocycles. The zero-order chi connectivity index (χ0) is 85.3. The van der Waals surface area contributed by atoms with Crippen molar-refractivity contribution in [3.05, 3.63) is 333 Å². The Kier molecular flexibility index (Phi) is 28.4. The molecule has 4 unspecified atom stereocenters. The number of benzene rings is 12. The highest BCUT2D eigenvalue weighted by atomic mass is 16.6. The molecular formula is C97H76N4O20. The lowest BCUT2D eigenvalue weighted by Gasteiger charge is -2.21. The first-order valence-electron chi connectivity index (χ1n) is 37.6. The number of carbonyl (C=O) groups is 8. The highest BCUT2D eigenvalue weighted by Gasteiger charge is 2.27. The van der Waals surface area contributed by atoms with Gasteiger partial charge in [-0.2, -0.15) is 0 Å². The first kappa shape index (κ1) is 84.6. The summed E-state index contributed by atoms with van der Waals surface area (Å²) in [6.07, 6.45) is 16.0. The number of aliphatic hydroxyl groups excluding tert-OH is 4. The third kappa shape index (κ3) is 22.4. The van der Waals surface area contributed by atoms with E-state index in [1.807, 2.05) is 0 Å². The van der Waals surface area contributed by atoms with Gasteiger partial charge in [0, 0.05) is 62.6 Å². The lowest BCUT2D eigenvalue weighted by molar-refractivity contribution is 0.0126. The number of hydrogen-bond acceptors (Lipinski definition) is 20. The van der Waals surface area contributed by atoms with Crippen LogP contribution in [0.2, 0.25) is 0 Å². The minimum absolute atomic E-state index is 0.000313. The standard InChI is InChI=1S/C97H76N4O20/c1-5-60-25-37-66(38-26-60)98-90(106)76-17-9-13-21-80(76)94(110)118-56-70(102)52-114-74-45-33-64-35-47-88(116-54-72(104)58-120-96(112)82-23-15-11-19-78(82)92(108)100-68-41-29-62(7-3)30-42-68)86(84(64)49-74)51-87-85-50-75(115-53-71(103)57-119-95(111)81-22-14-10-18-77(81)91(107)99-67-39-27-61(6-2)28-40-67)46-34-65(85)36-48-89(87)117-55-73(105)59-121-97(113)83-24-16-12-20-79(83)93(109)101-69-43-31-63(8-4)32-44-69/h1-4,9-50,70-73,102-105H,51-59H2,(H,98,106)(H,99,107)(H,100,108)(H,101,109). The van der Waals surface area contributed by atoms with Gasteiger partial charge in [-0.1, -0.05) is 96.5 Å². The average Bonchev–Trinajstić information content (AvgIpc) is 0.770. The van der Waals surface area contributed by atoms with Crippen LogP contribution in [0, 0.1) is 49.4 Å². The van der Waals surface area contributed by atoms with E-state index in [0.29, 0.717) is 77.7 Å². The van der Waals surface area contributed by atoms with Gasteiger partial charge < -0.3 is 79.6 Å². The Morgan fingerprint density at radius 3 is 0.760 bits per heavy atom. The second kappa shape index (κ2) is 40.7. The first-order valence-corrected chi connectivity index (χ1v) is 37.6. The summed E-state index contributed by atoms with van der Waals surface area (Å²) in [5.74, 6) is 4.61. The normalized spacial score (nSPS) is 11.7. The van der Waals surface area contributed by atoms with Crippen LogP contribution in [-0.2, 0) is 25.4 Å². The van der Waals surface area contributed by atoms with Gasteiger partial charge in [-0.15, -0.1) is 25.7 Å². The summed E-state index contributed by atoms with van der Waals surface area (Å²) in [7, 11) is 0. The van der Waals surface area contributed by atoms with Gasteiger partial charge >= 0.3 is 23.9 Å². The van der Waals surface area contributed by atoms with Crippen LogP contribution >= 0.6 is 0 Å². The largest absolute Gasteiger partial charge is 0.491 e. The number of aliphatic hydroxyl groups is 4. The average molecular weight is 1620 g/mol. The number of fused-ring (bicyclic) bond motifs is 2. The van der Waals surface area contributed by atoms with Crippen molar-refractivity contribution in [2.75, 3.05) is 74.1 Å². The Bertz CT molecular complexity index is 5660. The third-order valence-electron chi connectivity index (χ3n) is 18.7. The SMILES string of the molecule is C#Cc1ccc(NC(=O)c2ccccc2C(=O)OCC(O)COc2ccc3ccc(OCC(O)COC(=O)c4ccccc4C(=O)Nc4ccc(C#C)cc4)c(Cc4c(OCC(O)COC(=O)c5ccccc5C(=O)Nc5ccc(C#C)cc5)ccc5ccc(OCC(O)COC(=O)c6ccccc6C(=O)Nc6ccc(C#C)cc6)cc45)c3c2)cc1. The lowest BCUT2D eigenvalue weighted by Crippen LogP contribution is -2.26. The maximum atomic E-state index is 13.8. The van der Waals surface area contributed by atoms with E-state index in [0.717, 1.165) is 0 Å². The molecule has 121 heavy (non-hydrogen) atoms. The molecule has 24 heteroatoms. The van der Waals surface area contributed by atoms with E-state index in [1.165, 1.54) is 48.5 Å². The highest BCUT2D eigenvalue weighted by molar-refractivity contribution is 6.14. The number of nitrogens with one attached hydrogen (secondary N) is 4. The van der Waals surface area contributed by atoms with Gasteiger partial charge in [-0.3, -0.25) is 19.2 Å². The van der Waals surface area contributed by atoms with Crippen LogP contribution in [0.25, 0.3) is 21.5 Å². The second-order valence-corrected chi connectivity index (χ2v) is 27.2. The fourth-order valence-electron chi connectivity index (χ4n) is 12.5. The number of esters is 4. The number of anilines is 4. The summed E-state index contributed by atoms with van der Waals surface area (Å²) >= 11 is 0. The molecule has 0 bridgehead atoms. The van der Waals surface area contributed by atoms with E-state index in [2.05, 4.69) is 44.9 Å². The monoisotopic (exact) mass is 1620 g/mol.